The van der Waals surface area contributed by atoms with E-state index < -0.39 is 17.7 Å². The minimum atomic E-state index is -0.878. The molecule has 0 saturated carbocycles. The van der Waals surface area contributed by atoms with E-state index in [1.807, 2.05) is 12.1 Å². The Labute approximate surface area is 158 Å². The fourth-order valence-electron chi connectivity index (χ4n) is 4.76. The molecule has 2 unspecified atom stereocenters. The Morgan fingerprint density at radius 1 is 1.30 bits per heavy atom. The van der Waals surface area contributed by atoms with Crippen LogP contribution >= 0.6 is 0 Å². The van der Waals surface area contributed by atoms with Gasteiger partial charge in [-0.15, -0.1) is 0 Å². The maximum absolute atomic E-state index is 11.3. The van der Waals surface area contributed by atoms with Crippen LogP contribution in [0.25, 0.3) is 0 Å². The van der Waals surface area contributed by atoms with E-state index in [-0.39, 0.29) is 18.1 Å². The van der Waals surface area contributed by atoms with Crippen LogP contribution in [0.1, 0.15) is 18.4 Å². The van der Waals surface area contributed by atoms with Crippen molar-refractivity contribution >= 4 is 5.97 Å². The summed E-state index contributed by atoms with van der Waals surface area (Å²) < 4.78 is 16.8. The van der Waals surface area contributed by atoms with Crippen LogP contribution in [0.2, 0.25) is 0 Å². The molecule has 4 rings (SSSR count). The van der Waals surface area contributed by atoms with Crippen molar-refractivity contribution in [1.29, 1.82) is 0 Å². The molecule has 2 saturated heterocycles. The monoisotopic (exact) mass is 374 g/mol. The topological polar surface area (TPSA) is 80.3 Å². The summed E-state index contributed by atoms with van der Waals surface area (Å²) in [5, 5.41) is 12.5. The predicted molar refractivity (Wildman–Crippen MR) is 99.3 cm³/mol. The smallest absolute Gasteiger partial charge is 0.323 e. The molecule has 1 aromatic rings. The van der Waals surface area contributed by atoms with E-state index in [1.54, 1.807) is 14.2 Å². The number of hydrogen-bond donors (Lipinski definition) is 2. The van der Waals surface area contributed by atoms with E-state index in [1.165, 1.54) is 5.56 Å². The number of hydrogen-bond acceptors (Lipinski definition) is 6. The second-order valence-corrected chi connectivity index (χ2v) is 7.63. The van der Waals surface area contributed by atoms with Crippen LogP contribution in [0, 0.1) is 0 Å². The van der Waals surface area contributed by atoms with E-state index >= 15 is 0 Å². The second-order valence-electron chi connectivity index (χ2n) is 7.63. The largest absolute Gasteiger partial charge is 0.493 e. The number of carboxylic acids is 1. The summed E-state index contributed by atoms with van der Waals surface area (Å²) in [6.07, 6.45) is 5.89. The summed E-state index contributed by atoms with van der Waals surface area (Å²) in [5.74, 6) is 0.547. The number of likely N-dealkylation sites (N-methyl/N-ethyl adjacent to an activating group) is 1. The lowest BCUT2D eigenvalue weighted by Crippen LogP contribution is -2.55. The summed E-state index contributed by atoms with van der Waals surface area (Å²) in [7, 11) is 5.39. The number of rotatable bonds is 4. The zero-order chi connectivity index (χ0) is 19.2. The zero-order valence-corrected chi connectivity index (χ0v) is 15.9. The molecule has 2 aliphatic heterocycles. The Hall–Kier alpha value is -2.09. The van der Waals surface area contributed by atoms with Crippen LogP contribution in [0.5, 0.6) is 11.5 Å². The van der Waals surface area contributed by atoms with Crippen molar-refractivity contribution in [2.24, 2.45) is 0 Å². The number of ether oxygens (including phenoxy) is 3. The van der Waals surface area contributed by atoms with Gasteiger partial charge in [-0.1, -0.05) is 12.1 Å². The maximum atomic E-state index is 11.3. The number of carbonyl (C=O) groups is 1. The Morgan fingerprint density at radius 2 is 2.07 bits per heavy atom. The van der Waals surface area contributed by atoms with Gasteiger partial charge in [0, 0.05) is 17.9 Å². The molecule has 146 valence electrons. The Balaban J connectivity index is 1.72. The third-order valence-corrected chi connectivity index (χ3v) is 6.30. The highest BCUT2D eigenvalue weighted by molar-refractivity contribution is 5.74. The van der Waals surface area contributed by atoms with Crippen molar-refractivity contribution in [1.82, 2.24) is 10.2 Å². The van der Waals surface area contributed by atoms with Gasteiger partial charge in [-0.25, -0.2) is 0 Å². The minimum absolute atomic E-state index is 0.161. The molecule has 0 radical (unpaired) electrons. The third kappa shape index (κ3) is 2.81. The molecule has 0 aromatic heterocycles. The normalized spacial score (nSPS) is 35.4. The third-order valence-electron chi connectivity index (χ3n) is 6.30. The van der Waals surface area contributed by atoms with E-state index in [2.05, 4.69) is 35.5 Å². The van der Waals surface area contributed by atoms with Crippen LogP contribution in [0.4, 0.5) is 0 Å². The highest BCUT2D eigenvalue weighted by Gasteiger charge is 2.54. The highest BCUT2D eigenvalue weighted by atomic mass is 16.5. The molecule has 3 aliphatic rings. The van der Waals surface area contributed by atoms with Gasteiger partial charge < -0.3 is 24.2 Å². The molecule has 2 heterocycles. The number of nitrogens with one attached hydrogen (secondary N) is 1. The van der Waals surface area contributed by atoms with Crippen molar-refractivity contribution in [3.05, 3.63) is 35.9 Å². The lowest BCUT2D eigenvalue weighted by atomic mass is 9.68. The van der Waals surface area contributed by atoms with Crippen molar-refractivity contribution in [2.75, 3.05) is 34.4 Å². The van der Waals surface area contributed by atoms with Crippen molar-refractivity contribution in [2.45, 2.75) is 36.1 Å². The molecule has 4 atom stereocenters. The molecule has 2 N–H and O–H groups in total. The van der Waals surface area contributed by atoms with Crippen LogP contribution < -0.4 is 14.8 Å². The Bertz CT molecular complexity index is 782. The molecular weight excluding hydrogens is 348 g/mol. The zero-order valence-electron chi connectivity index (χ0n) is 15.9. The fourth-order valence-corrected chi connectivity index (χ4v) is 4.76. The summed E-state index contributed by atoms with van der Waals surface area (Å²) in [6, 6.07) is 5.62. The highest BCUT2D eigenvalue weighted by Crippen LogP contribution is 2.49. The van der Waals surface area contributed by atoms with Crippen molar-refractivity contribution in [3.63, 3.8) is 0 Å². The van der Waals surface area contributed by atoms with Gasteiger partial charge in [0.2, 0.25) is 0 Å². The number of aliphatic carboxylic acids is 1. The molecule has 0 bridgehead atoms. The first kappa shape index (κ1) is 18.3. The van der Waals surface area contributed by atoms with E-state index in [9.17, 15) is 9.90 Å². The fraction of sp³-hybridized carbons (Fsp3) is 0.550. The first-order chi connectivity index (χ1) is 12.9. The van der Waals surface area contributed by atoms with Gasteiger partial charge in [0.1, 0.15) is 11.8 Å². The van der Waals surface area contributed by atoms with Crippen LogP contribution in [0.15, 0.2) is 30.4 Å². The molecule has 2 fully saturated rings. The van der Waals surface area contributed by atoms with Gasteiger partial charge in [-0.2, -0.15) is 0 Å². The number of benzene rings is 1. The number of fused-ring (bicyclic) bond motifs is 1. The number of carboxylic acid groups (broad SMARTS) is 1. The molecular formula is C20H26N2O5. The minimum Gasteiger partial charge on any atom is -0.493 e. The molecule has 7 nitrogen and oxygen atoms in total. The summed E-state index contributed by atoms with van der Waals surface area (Å²) >= 11 is 0. The van der Waals surface area contributed by atoms with E-state index in [0.29, 0.717) is 17.9 Å². The number of likely N-dealkylation sites (tertiary alicyclic amines) is 1. The van der Waals surface area contributed by atoms with Gasteiger partial charge in [0.05, 0.1) is 20.8 Å². The molecule has 1 aromatic carbocycles. The molecule has 0 amide bonds. The quantitative estimate of drug-likeness (QED) is 0.771. The molecule has 27 heavy (non-hydrogen) atoms. The summed E-state index contributed by atoms with van der Waals surface area (Å²) in [6.45, 7) is 1.14. The van der Waals surface area contributed by atoms with Gasteiger partial charge in [0.15, 0.2) is 11.5 Å². The van der Waals surface area contributed by atoms with Gasteiger partial charge in [-0.3, -0.25) is 10.1 Å². The predicted octanol–water partition coefficient (Wildman–Crippen LogP) is 1.37. The molecule has 1 aliphatic carbocycles. The number of nitrogens with zero attached hydrogens (tertiary/aromatic N) is 1. The average molecular weight is 374 g/mol. The Kier molecular flexibility index (Phi) is 4.41. The van der Waals surface area contributed by atoms with Gasteiger partial charge in [0.25, 0.3) is 0 Å². The average Bonchev–Trinajstić information content (AvgIpc) is 3.24. The summed E-state index contributed by atoms with van der Waals surface area (Å²) in [4.78, 5) is 13.7. The standard InChI is InChI=1S/C20H26N2O5/c1-22-9-8-19(13-4-5-15(25-2)16(10-13)26-3)6-7-20(11-17(19)22)21-14(12-27-20)18(23)24/h4-7,10,14,17,21H,8-9,11-12H2,1-3H3,(H,23,24)/t14?,17-,19-,20?/m0/s1. The van der Waals surface area contributed by atoms with Crippen LogP contribution in [-0.2, 0) is 14.9 Å². The number of methoxy groups -OCH3 is 2. The van der Waals surface area contributed by atoms with Gasteiger partial charge in [-0.05, 0) is 43.8 Å². The molecule has 1 spiro atoms. The lowest BCUT2D eigenvalue weighted by Gasteiger charge is -2.44. The Morgan fingerprint density at radius 3 is 2.74 bits per heavy atom. The van der Waals surface area contributed by atoms with E-state index in [0.717, 1.165) is 13.0 Å². The van der Waals surface area contributed by atoms with Gasteiger partial charge >= 0.3 is 5.97 Å². The molecule has 7 heteroatoms. The lowest BCUT2D eigenvalue weighted by molar-refractivity contribution is -0.139. The first-order valence-corrected chi connectivity index (χ1v) is 9.21. The van der Waals surface area contributed by atoms with Crippen LogP contribution in [-0.4, -0.2) is 68.2 Å². The summed E-state index contributed by atoms with van der Waals surface area (Å²) in [5.41, 5.74) is 0.298. The first-order valence-electron chi connectivity index (χ1n) is 9.21. The van der Waals surface area contributed by atoms with Crippen molar-refractivity contribution < 1.29 is 24.1 Å². The van der Waals surface area contributed by atoms with Crippen LogP contribution in [0.3, 0.4) is 0 Å². The SMILES string of the molecule is COc1ccc([C@@]23C=CC4(C[C@@H]2N(C)CC3)NC(C(=O)O)CO4)cc1OC. The van der Waals surface area contributed by atoms with E-state index in [4.69, 9.17) is 14.2 Å². The van der Waals surface area contributed by atoms with Crippen molar-refractivity contribution in [3.8, 4) is 11.5 Å². The second kappa shape index (κ2) is 6.51. The maximum Gasteiger partial charge on any atom is 0.323 e.